The van der Waals surface area contributed by atoms with E-state index in [-0.39, 0.29) is 11.7 Å². The van der Waals surface area contributed by atoms with E-state index in [1.165, 1.54) is 25.0 Å². The molecule has 1 aromatic rings. The lowest BCUT2D eigenvalue weighted by Gasteiger charge is -2.24. The maximum absolute atomic E-state index is 12.8. The third-order valence-electron chi connectivity index (χ3n) is 3.98. The van der Waals surface area contributed by atoms with Gasteiger partial charge in [-0.05, 0) is 49.6 Å². The van der Waals surface area contributed by atoms with Crippen molar-refractivity contribution in [2.75, 3.05) is 19.6 Å². The van der Waals surface area contributed by atoms with Gasteiger partial charge in [-0.2, -0.15) is 0 Å². The Balaban J connectivity index is 1.72. The molecule has 0 aliphatic carbocycles. The Morgan fingerprint density at radius 1 is 1.28 bits per heavy atom. The topological polar surface area (TPSA) is 32.3 Å². The summed E-state index contributed by atoms with van der Waals surface area (Å²) in [7, 11) is 0. The maximum atomic E-state index is 12.8. The minimum atomic E-state index is -0.302. The molecule has 3 rings (SSSR count). The largest absolute Gasteiger partial charge is 0.337 e. The number of piperidine rings is 1. The summed E-state index contributed by atoms with van der Waals surface area (Å²) in [6.45, 7) is 2.66. The quantitative estimate of drug-likeness (QED) is 0.819. The van der Waals surface area contributed by atoms with Gasteiger partial charge in [-0.1, -0.05) is 0 Å². The molecule has 2 atom stereocenters. The first-order valence-electron chi connectivity index (χ1n) is 6.52. The lowest BCUT2D eigenvalue weighted by atomic mass is 9.94. The first kappa shape index (κ1) is 11.7. The van der Waals surface area contributed by atoms with Crippen LogP contribution in [0.1, 0.15) is 23.2 Å². The van der Waals surface area contributed by atoms with Crippen LogP contribution in [0.15, 0.2) is 24.3 Å². The number of fused-ring (bicyclic) bond motifs is 1. The zero-order valence-corrected chi connectivity index (χ0v) is 10.2. The molecule has 2 aliphatic rings. The van der Waals surface area contributed by atoms with Crippen LogP contribution in [0.2, 0.25) is 0 Å². The van der Waals surface area contributed by atoms with E-state index in [9.17, 15) is 9.18 Å². The van der Waals surface area contributed by atoms with Crippen LogP contribution in [-0.2, 0) is 0 Å². The summed E-state index contributed by atoms with van der Waals surface area (Å²) in [4.78, 5) is 14.2. The Morgan fingerprint density at radius 2 is 2.06 bits per heavy atom. The number of nitrogens with one attached hydrogen (secondary N) is 1. The lowest BCUT2D eigenvalue weighted by Crippen LogP contribution is -2.41. The van der Waals surface area contributed by atoms with Crippen LogP contribution in [0.4, 0.5) is 4.39 Å². The highest BCUT2D eigenvalue weighted by Gasteiger charge is 2.36. The molecule has 0 spiro atoms. The third-order valence-corrected chi connectivity index (χ3v) is 3.98. The summed E-state index contributed by atoms with van der Waals surface area (Å²) in [6, 6.07) is 6.26. The fourth-order valence-electron chi connectivity index (χ4n) is 2.99. The van der Waals surface area contributed by atoms with Gasteiger partial charge in [0.05, 0.1) is 0 Å². The van der Waals surface area contributed by atoms with Crippen LogP contribution in [0, 0.1) is 11.7 Å². The number of nitrogens with zero attached hydrogens (tertiary/aromatic N) is 1. The maximum Gasteiger partial charge on any atom is 0.253 e. The Kier molecular flexibility index (Phi) is 3.04. The number of amides is 1. The second-order valence-electron chi connectivity index (χ2n) is 5.18. The molecule has 1 N–H and O–H groups in total. The molecule has 96 valence electrons. The molecule has 0 radical (unpaired) electrons. The Bertz CT molecular complexity index is 432. The normalized spacial score (nSPS) is 27.1. The highest BCUT2D eigenvalue weighted by Crippen LogP contribution is 2.26. The van der Waals surface area contributed by atoms with E-state index >= 15 is 0 Å². The molecule has 1 amide bonds. The molecule has 2 heterocycles. The predicted molar refractivity (Wildman–Crippen MR) is 66.8 cm³/mol. The molecule has 3 nitrogen and oxygen atoms in total. The fourth-order valence-corrected chi connectivity index (χ4v) is 2.99. The summed E-state index contributed by atoms with van der Waals surface area (Å²) in [5, 5.41) is 3.47. The van der Waals surface area contributed by atoms with Crippen molar-refractivity contribution in [3.8, 4) is 0 Å². The monoisotopic (exact) mass is 248 g/mol. The second kappa shape index (κ2) is 4.69. The predicted octanol–water partition coefficient (Wildman–Crippen LogP) is 1.65. The third kappa shape index (κ3) is 2.12. The van der Waals surface area contributed by atoms with Gasteiger partial charge in [-0.15, -0.1) is 0 Å². The first-order chi connectivity index (χ1) is 8.74. The van der Waals surface area contributed by atoms with E-state index in [0.717, 1.165) is 19.6 Å². The summed E-state index contributed by atoms with van der Waals surface area (Å²) in [5.41, 5.74) is 0.579. The van der Waals surface area contributed by atoms with Crippen LogP contribution < -0.4 is 5.32 Å². The van der Waals surface area contributed by atoms with Gasteiger partial charge in [0.25, 0.3) is 5.91 Å². The number of benzene rings is 1. The highest BCUT2D eigenvalue weighted by atomic mass is 19.1. The van der Waals surface area contributed by atoms with Crippen molar-refractivity contribution in [3.05, 3.63) is 35.6 Å². The molecule has 0 saturated carbocycles. The molecule has 18 heavy (non-hydrogen) atoms. The summed E-state index contributed by atoms with van der Waals surface area (Å²) in [6.07, 6.45) is 2.39. The number of rotatable bonds is 1. The molecule has 0 aromatic heterocycles. The Hall–Kier alpha value is -1.42. The molecule has 4 heteroatoms. The van der Waals surface area contributed by atoms with Gasteiger partial charge in [-0.25, -0.2) is 4.39 Å². The summed E-state index contributed by atoms with van der Waals surface area (Å²) >= 11 is 0. The van der Waals surface area contributed by atoms with Crippen LogP contribution in [-0.4, -0.2) is 36.5 Å². The van der Waals surface area contributed by atoms with Gasteiger partial charge >= 0.3 is 0 Å². The van der Waals surface area contributed by atoms with E-state index in [1.807, 2.05) is 4.90 Å². The lowest BCUT2D eigenvalue weighted by molar-refractivity contribution is 0.0785. The molecule has 2 aliphatic heterocycles. The molecule has 0 unspecified atom stereocenters. The number of halogens is 1. The highest BCUT2D eigenvalue weighted by molar-refractivity contribution is 5.94. The van der Waals surface area contributed by atoms with E-state index in [1.54, 1.807) is 12.1 Å². The van der Waals surface area contributed by atoms with Crippen molar-refractivity contribution in [3.63, 3.8) is 0 Å². The minimum Gasteiger partial charge on any atom is -0.337 e. The minimum absolute atomic E-state index is 0.0196. The van der Waals surface area contributed by atoms with Crippen molar-refractivity contribution in [1.29, 1.82) is 0 Å². The van der Waals surface area contributed by atoms with E-state index in [0.29, 0.717) is 17.5 Å². The molecular weight excluding hydrogens is 231 g/mol. The van der Waals surface area contributed by atoms with Gasteiger partial charge in [-0.3, -0.25) is 4.79 Å². The van der Waals surface area contributed by atoms with Crippen molar-refractivity contribution in [2.24, 2.45) is 5.92 Å². The first-order valence-corrected chi connectivity index (χ1v) is 6.52. The van der Waals surface area contributed by atoms with Crippen LogP contribution in [0.5, 0.6) is 0 Å². The fraction of sp³-hybridized carbons (Fsp3) is 0.500. The van der Waals surface area contributed by atoms with Gasteiger partial charge in [0.15, 0.2) is 0 Å². The van der Waals surface area contributed by atoms with Crippen molar-refractivity contribution in [2.45, 2.75) is 18.9 Å². The van der Waals surface area contributed by atoms with Gasteiger partial charge in [0.1, 0.15) is 5.82 Å². The van der Waals surface area contributed by atoms with Crippen molar-refractivity contribution in [1.82, 2.24) is 10.2 Å². The van der Waals surface area contributed by atoms with Gasteiger partial charge in [0.2, 0.25) is 0 Å². The van der Waals surface area contributed by atoms with E-state index in [2.05, 4.69) is 5.32 Å². The second-order valence-corrected chi connectivity index (χ2v) is 5.18. The SMILES string of the molecule is O=C(c1ccc(F)cc1)N1C[C@@H]2CCCN[C@@H]2C1. The van der Waals surface area contributed by atoms with E-state index in [4.69, 9.17) is 0 Å². The van der Waals surface area contributed by atoms with Crippen molar-refractivity contribution >= 4 is 5.91 Å². The Labute approximate surface area is 106 Å². The van der Waals surface area contributed by atoms with E-state index < -0.39 is 0 Å². The Morgan fingerprint density at radius 3 is 2.78 bits per heavy atom. The number of carbonyl (C=O) groups is 1. The van der Waals surface area contributed by atoms with Crippen LogP contribution in [0.25, 0.3) is 0 Å². The average Bonchev–Trinajstić information content (AvgIpc) is 2.82. The average molecular weight is 248 g/mol. The van der Waals surface area contributed by atoms with Gasteiger partial charge in [0, 0.05) is 24.7 Å². The number of likely N-dealkylation sites (tertiary alicyclic amines) is 1. The number of hydrogen-bond donors (Lipinski definition) is 1. The van der Waals surface area contributed by atoms with Gasteiger partial charge < -0.3 is 10.2 Å². The van der Waals surface area contributed by atoms with Crippen molar-refractivity contribution < 1.29 is 9.18 Å². The number of hydrogen-bond acceptors (Lipinski definition) is 2. The zero-order chi connectivity index (χ0) is 12.5. The molecule has 0 bridgehead atoms. The standard InChI is InChI=1S/C14H17FN2O/c15-12-5-3-10(4-6-12)14(18)17-8-11-2-1-7-16-13(11)9-17/h3-6,11,13,16H,1-2,7-9H2/t11-,13+/m0/s1. The molecule has 1 aromatic carbocycles. The molecular formula is C14H17FN2O. The van der Waals surface area contributed by atoms with Crippen LogP contribution in [0.3, 0.4) is 0 Å². The van der Waals surface area contributed by atoms with Crippen LogP contribution >= 0.6 is 0 Å². The smallest absolute Gasteiger partial charge is 0.253 e. The number of carbonyl (C=O) groups excluding carboxylic acids is 1. The zero-order valence-electron chi connectivity index (χ0n) is 10.2. The molecule has 2 saturated heterocycles. The summed E-state index contributed by atoms with van der Waals surface area (Å²) in [5.74, 6) is 0.303. The molecule has 2 fully saturated rings. The summed E-state index contributed by atoms with van der Waals surface area (Å²) < 4.78 is 12.8.